The molecule has 1 unspecified atom stereocenters. The molecule has 1 atom stereocenters. The monoisotopic (exact) mass is 420 g/mol. The molecule has 1 aliphatic heterocycles. The van der Waals surface area contributed by atoms with Gasteiger partial charge in [0.1, 0.15) is 6.61 Å². The molecule has 4 nitrogen and oxygen atoms in total. The van der Waals surface area contributed by atoms with Crippen LogP contribution in [0.4, 0.5) is 0 Å². The van der Waals surface area contributed by atoms with Gasteiger partial charge in [-0.2, -0.15) is 0 Å². The Kier molecular flexibility index (Phi) is 7.08. The van der Waals surface area contributed by atoms with Crippen molar-refractivity contribution in [3.63, 3.8) is 0 Å². The van der Waals surface area contributed by atoms with E-state index in [1.54, 1.807) is 18.2 Å². The zero-order valence-corrected chi connectivity index (χ0v) is 19.3. The number of rotatable bonds is 7. The van der Waals surface area contributed by atoms with Gasteiger partial charge in [-0.15, -0.1) is 0 Å². The Morgan fingerprint density at radius 2 is 1.74 bits per heavy atom. The molecule has 1 saturated heterocycles. The Morgan fingerprint density at radius 3 is 2.32 bits per heavy atom. The summed E-state index contributed by atoms with van der Waals surface area (Å²) in [5.74, 6) is -0.350. The molecule has 1 aliphatic rings. The van der Waals surface area contributed by atoms with E-state index in [9.17, 15) is 4.79 Å². The third-order valence-corrected chi connectivity index (χ3v) is 5.55. The van der Waals surface area contributed by atoms with Crippen molar-refractivity contribution in [2.45, 2.75) is 53.8 Å². The average Bonchev–Trinajstić information content (AvgIpc) is 3.22. The summed E-state index contributed by atoms with van der Waals surface area (Å²) in [5.41, 5.74) is 3.62. The first kappa shape index (κ1) is 23.3. The lowest BCUT2D eigenvalue weighted by Crippen LogP contribution is -2.38. The van der Waals surface area contributed by atoms with Gasteiger partial charge in [-0.3, -0.25) is 0 Å². The van der Waals surface area contributed by atoms with Crippen LogP contribution < -0.4 is 5.46 Å². The van der Waals surface area contributed by atoms with E-state index in [-0.39, 0.29) is 29.5 Å². The van der Waals surface area contributed by atoms with E-state index in [0.717, 1.165) is 23.0 Å². The van der Waals surface area contributed by atoms with Gasteiger partial charge in [0.05, 0.1) is 18.3 Å². The molecular weight excluding hydrogens is 387 g/mol. The molecular formula is C26H33BO4. The lowest BCUT2D eigenvalue weighted by Gasteiger charge is -2.36. The first-order chi connectivity index (χ1) is 14.6. The van der Waals surface area contributed by atoms with Gasteiger partial charge in [0.25, 0.3) is 0 Å². The summed E-state index contributed by atoms with van der Waals surface area (Å²) in [6, 6.07) is 15.0. The SMILES string of the molecule is C=Cc1ccc(COC(=O)c2ccc(B3OCC(C(C)(C)CC(C)(C)C)O3)cc2)cc1. The maximum absolute atomic E-state index is 12.4. The van der Waals surface area contributed by atoms with Crippen LogP contribution in [0.15, 0.2) is 55.1 Å². The molecule has 31 heavy (non-hydrogen) atoms. The molecule has 0 N–H and O–H groups in total. The maximum Gasteiger partial charge on any atom is 0.494 e. The molecule has 1 heterocycles. The lowest BCUT2D eigenvalue weighted by atomic mass is 9.72. The summed E-state index contributed by atoms with van der Waals surface area (Å²) in [6.07, 6.45) is 2.86. The number of carbonyl (C=O) groups is 1. The van der Waals surface area contributed by atoms with Gasteiger partial charge in [0.2, 0.25) is 0 Å². The summed E-state index contributed by atoms with van der Waals surface area (Å²) in [7, 11) is -0.405. The predicted octanol–water partition coefficient (Wildman–Crippen LogP) is 5.26. The van der Waals surface area contributed by atoms with Crippen molar-refractivity contribution in [2.24, 2.45) is 10.8 Å². The van der Waals surface area contributed by atoms with E-state index in [1.807, 2.05) is 36.4 Å². The minimum Gasteiger partial charge on any atom is -0.457 e. The Balaban J connectivity index is 1.56. The van der Waals surface area contributed by atoms with Crippen LogP contribution in [-0.4, -0.2) is 25.8 Å². The van der Waals surface area contributed by atoms with E-state index in [2.05, 4.69) is 41.2 Å². The van der Waals surface area contributed by atoms with Gasteiger partial charge in [0, 0.05) is 0 Å². The van der Waals surface area contributed by atoms with E-state index in [4.69, 9.17) is 14.0 Å². The number of ether oxygens (including phenoxy) is 1. The summed E-state index contributed by atoms with van der Waals surface area (Å²) in [4.78, 5) is 12.4. The topological polar surface area (TPSA) is 44.8 Å². The van der Waals surface area contributed by atoms with Gasteiger partial charge in [0.15, 0.2) is 0 Å². The van der Waals surface area contributed by atoms with Crippen molar-refractivity contribution >= 4 is 24.6 Å². The van der Waals surface area contributed by atoms with Crippen molar-refractivity contribution in [2.75, 3.05) is 6.61 Å². The fourth-order valence-electron chi connectivity index (χ4n) is 4.23. The van der Waals surface area contributed by atoms with E-state index in [1.165, 1.54) is 0 Å². The zero-order chi connectivity index (χ0) is 22.6. The van der Waals surface area contributed by atoms with Gasteiger partial charge in [-0.25, -0.2) is 4.79 Å². The fraction of sp³-hybridized carbons (Fsp3) is 0.423. The largest absolute Gasteiger partial charge is 0.494 e. The molecule has 0 amide bonds. The summed E-state index contributed by atoms with van der Waals surface area (Å²) in [6.45, 7) is 15.8. The van der Waals surface area contributed by atoms with Crippen molar-refractivity contribution < 1.29 is 18.8 Å². The predicted molar refractivity (Wildman–Crippen MR) is 126 cm³/mol. The van der Waals surface area contributed by atoms with Crippen LogP contribution in [0.2, 0.25) is 0 Å². The second kappa shape index (κ2) is 9.41. The highest BCUT2D eigenvalue weighted by Gasteiger charge is 2.42. The molecule has 164 valence electrons. The molecule has 0 saturated carbocycles. The molecule has 2 aromatic rings. The van der Waals surface area contributed by atoms with Gasteiger partial charge in [-0.05, 0) is 46.0 Å². The second-order valence-corrected chi connectivity index (χ2v) is 10.2. The summed E-state index contributed by atoms with van der Waals surface area (Å²) in [5, 5.41) is 0. The molecule has 3 rings (SSSR count). The first-order valence-electron chi connectivity index (χ1n) is 10.8. The Labute approximate surface area is 186 Å². The van der Waals surface area contributed by atoms with Crippen molar-refractivity contribution in [1.29, 1.82) is 0 Å². The Morgan fingerprint density at radius 1 is 1.10 bits per heavy atom. The van der Waals surface area contributed by atoms with E-state index < -0.39 is 7.12 Å². The van der Waals surface area contributed by atoms with Crippen molar-refractivity contribution in [3.05, 3.63) is 71.8 Å². The molecule has 0 aliphatic carbocycles. The van der Waals surface area contributed by atoms with Crippen LogP contribution in [0.25, 0.3) is 6.08 Å². The van der Waals surface area contributed by atoms with Crippen LogP contribution >= 0.6 is 0 Å². The van der Waals surface area contributed by atoms with Crippen LogP contribution in [0.5, 0.6) is 0 Å². The molecule has 0 spiro atoms. The van der Waals surface area contributed by atoms with Crippen LogP contribution in [0.1, 0.15) is 62.5 Å². The second-order valence-electron chi connectivity index (χ2n) is 10.2. The molecule has 2 aromatic carbocycles. The molecule has 1 fully saturated rings. The Hall–Kier alpha value is -2.37. The number of carbonyl (C=O) groups excluding carboxylic acids is 1. The highest BCUT2D eigenvalue weighted by atomic mass is 16.6. The fourth-order valence-corrected chi connectivity index (χ4v) is 4.23. The van der Waals surface area contributed by atoms with Crippen LogP contribution in [-0.2, 0) is 20.7 Å². The Bertz CT molecular complexity index is 894. The highest BCUT2D eigenvalue weighted by molar-refractivity contribution is 6.61. The number of hydrogen-bond acceptors (Lipinski definition) is 4. The smallest absolute Gasteiger partial charge is 0.457 e. The van der Waals surface area contributed by atoms with E-state index >= 15 is 0 Å². The zero-order valence-electron chi connectivity index (χ0n) is 19.3. The minimum atomic E-state index is -0.405. The average molecular weight is 420 g/mol. The molecule has 0 bridgehead atoms. The third kappa shape index (κ3) is 6.31. The number of benzene rings is 2. The third-order valence-electron chi connectivity index (χ3n) is 5.55. The molecule has 0 aromatic heterocycles. The molecule has 0 radical (unpaired) electrons. The number of esters is 1. The van der Waals surface area contributed by atoms with Crippen LogP contribution in [0.3, 0.4) is 0 Å². The maximum atomic E-state index is 12.4. The van der Waals surface area contributed by atoms with Crippen molar-refractivity contribution in [3.8, 4) is 0 Å². The number of hydrogen-bond donors (Lipinski definition) is 0. The molecule has 5 heteroatoms. The first-order valence-corrected chi connectivity index (χ1v) is 10.8. The van der Waals surface area contributed by atoms with Gasteiger partial charge < -0.3 is 14.0 Å². The quantitative estimate of drug-likeness (QED) is 0.453. The van der Waals surface area contributed by atoms with Crippen molar-refractivity contribution in [1.82, 2.24) is 0 Å². The normalized spacial score (nSPS) is 16.9. The minimum absolute atomic E-state index is 0.0145. The lowest BCUT2D eigenvalue weighted by molar-refractivity contribution is 0.0472. The van der Waals surface area contributed by atoms with Gasteiger partial charge in [-0.1, -0.05) is 83.7 Å². The van der Waals surface area contributed by atoms with Crippen LogP contribution in [0, 0.1) is 10.8 Å². The summed E-state index contributed by atoms with van der Waals surface area (Å²) < 4.78 is 17.6. The van der Waals surface area contributed by atoms with E-state index in [0.29, 0.717) is 12.2 Å². The summed E-state index contributed by atoms with van der Waals surface area (Å²) >= 11 is 0. The standard InChI is InChI=1S/C26H33BO4/c1-7-19-8-10-20(11-9-19)16-29-24(28)21-12-14-22(15-13-21)27-30-17-23(31-27)26(5,6)18-25(2,3)4/h7-15,23H,1,16-18H2,2-6H3. The highest BCUT2D eigenvalue weighted by Crippen LogP contribution is 2.39. The van der Waals surface area contributed by atoms with Gasteiger partial charge >= 0.3 is 13.1 Å².